The molecule has 3 atom stereocenters. The van der Waals surface area contributed by atoms with Crippen LogP contribution in [-0.2, 0) is 0 Å². The lowest BCUT2D eigenvalue weighted by atomic mass is 9.64. The van der Waals surface area contributed by atoms with Gasteiger partial charge in [0.25, 0.3) is 0 Å². The van der Waals surface area contributed by atoms with Gasteiger partial charge in [0, 0.05) is 17.6 Å². The summed E-state index contributed by atoms with van der Waals surface area (Å²) in [7, 11) is 0. The predicted molar refractivity (Wildman–Crippen MR) is 114 cm³/mol. The van der Waals surface area contributed by atoms with E-state index >= 15 is 0 Å². The first-order chi connectivity index (χ1) is 11.0. The maximum Gasteiger partial charge on any atom is 0.0185 e. The molecule has 0 aromatic rings. The minimum atomic E-state index is 0.184. The van der Waals surface area contributed by atoms with Crippen LogP contribution in [0.25, 0.3) is 0 Å². The molecule has 1 saturated heterocycles. The normalized spacial score (nSPS) is 29.0. The third kappa shape index (κ3) is 5.98. The van der Waals surface area contributed by atoms with Gasteiger partial charge in [0.2, 0.25) is 0 Å². The maximum atomic E-state index is 2.97. The van der Waals surface area contributed by atoms with Gasteiger partial charge in [0.15, 0.2) is 0 Å². The van der Waals surface area contributed by atoms with Crippen LogP contribution >= 0.6 is 0 Å². The minimum absolute atomic E-state index is 0.184. The Kier molecular flexibility index (Phi) is 6.93. The van der Waals surface area contributed by atoms with E-state index < -0.39 is 0 Å². The van der Waals surface area contributed by atoms with Crippen molar-refractivity contribution >= 4 is 0 Å². The second kappa shape index (κ2) is 7.53. The third-order valence-corrected chi connectivity index (χ3v) is 6.28. The molecular weight excluding hydrogens is 302 g/mol. The molecule has 1 aliphatic rings. The average Bonchev–Trinajstić information content (AvgIpc) is 2.42. The van der Waals surface area contributed by atoms with Gasteiger partial charge in [-0.2, -0.15) is 0 Å². The highest BCUT2D eigenvalue weighted by Crippen LogP contribution is 2.48. The summed E-state index contributed by atoms with van der Waals surface area (Å²) in [6.07, 6.45) is 6.87. The molecule has 0 bridgehead atoms. The van der Waals surface area contributed by atoms with Crippen molar-refractivity contribution in [3.63, 3.8) is 0 Å². The van der Waals surface area contributed by atoms with E-state index in [2.05, 4.69) is 88.0 Å². The van der Waals surface area contributed by atoms with Crippen LogP contribution in [0.5, 0.6) is 0 Å². The molecule has 0 N–H and O–H groups in total. The minimum Gasteiger partial charge on any atom is -0.291 e. The van der Waals surface area contributed by atoms with Gasteiger partial charge in [-0.25, -0.2) is 0 Å². The fourth-order valence-electron chi connectivity index (χ4n) is 5.23. The Balaban J connectivity index is 3.62. The van der Waals surface area contributed by atoms with Gasteiger partial charge in [0.05, 0.1) is 0 Å². The Morgan fingerprint density at radius 1 is 0.560 bits per heavy atom. The van der Waals surface area contributed by atoms with Crippen LogP contribution in [0.4, 0.5) is 0 Å². The van der Waals surface area contributed by atoms with Crippen molar-refractivity contribution in [2.24, 2.45) is 22.2 Å². The fraction of sp³-hybridized carbons (Fsp3) is 1.00. The molecule has 1 aliphatic heterocycles. The van der Waals surface area contributed by atoms with Crippen LogP contribution < -0.4 is 0 Å². The topological polar surface area (TPSA) is 3.24 Å². The lowest BCUT2D eigenvalue weighted by molar-refractivity contribution is -0.0960. The maximum absolute atomic E-state index is 2.97. The summed E-state index contributed by atoms with van der Waals surface area (Å²) in [6.45, 7) is 29.6. The van der Waals surface area contributed by atoms with E-state index in [-0.39, 0.29) is 11.0 Å². The van der Waals surface area contributed by atoms with E-state index in [1.54, 1.807) is 0 Å². The van der Waals surface area contributed by atoms with Crippen LogP contribution in [0, 0.1) is 22.2 Å². The zero-order chi connectivity index (χ0) is 19.8. The first-order valence-electron chi connectivity index (χ1n) is 10.8. The number of rotatable bonds is 0. The number of nitrogens with zero attached hydrogens (tertiary/aromatic N) is 1. The summed E-state index contributed by atoms with van der Waals surface area (Å²) >= 11 is 0. The summed E-state index contributed by atoms with van der Waals surface area (Å²) in [5, 5.41) is 0. The molecule has 0 aliphatic carbocycles. The molecule has 0 amide bonds. The van der Waals surface area contributed by atoms with E-state index in [1.807, 2.05) is 0 Å². The predicted octanol–water partition coefficient (Wildman–Crippen LogP) is 7.54. The Morgan fingerprint density at radius 2 is 1.04 bits per heavy atom. The molecule has 3 unspecified atom stereocenters. The molecule has 1 heterocycles. The molecule has 150 valence electrons. The van der Waals surface area contributed by atoms with Gasteiger partial charge in [-0.1, -0.05) is 81.6 Å². The second-order valence-corrected chi connectivity index (χ2v) is 12.9. The monoisotopic (exact) mass is 351 g/mol. The standard InChI is InChI=1S/C24H49N/c1-21(2,3)18-16-14-13-15-17-19(22(4,5)6)25(24(10,11)12)20(18)23(7,8)9/h18-20H,13-17H2,1-12H3. The van der Waals surface area contributed by atoms with Gasteiger partial charge < -0.3 is 0 Å². The van der Waals surface area contributed by atoms with Gasteiger partial charge in [-0.05, 0) is 55.8 Å². The lowest BCUT2D eigenvalue weighted by Gasteiger charge is -2.58. The van der Waals surface area contributed by atoms with Gasteiger partial charge in [0.1, 0.15) is 0 Å². The van der Waals surface area contributed by atoms with Gasteiger partial charge in [-0.3, -0.25) is 4.90 Å². The zero-order valence-electron chi connectivity index (χ0n) is 19.7. The van der Waals surface area contributed by atoms with Gasteiger partial charge in [-0.15, -0.1) is 0 Å². The molecule has 0 aromatic carbocycles. The molecule has 25 heavy (non-hydrogen) atoms. The Labute approximate surface area is 160 Å². The number of hydrogen-bond donors (Lipinski definition) is 0. The van der Waals surface area contributed by atoms with Crippen LogP contribution in [-0.4, -0.2) is 22.5 Å². The Bertz CT molecular complexity index is 367. The summed E-state index contributed by atoms with van der Waals surface area (Å²) in [5.74, 6) is 0.731. The summed E-state index contributed by atoms with van der Waals surface area (Å²) in [6, 6.07) is 1.24. The van der Waals surface area contributed by atoms with E-state index in [0.29, 0.717) is 22.9 Å². The molecule has 1 rings (SSSR count). The van der Waals surface area contributed by atoms with Gasteiger partial charge >= 0.3 is 0 Å². The summed E-state index contributed by atoms with van der Waals surface area (Å²) in [5.41, 5.74) is 1.11. The largest absolute Gasteiger partial charge is 0.291 e. The van der Waals surface area contributed by atoms with Crippen LogP contribution in [0.2, 0.25) is 0 Å². The fourth-order valence-corrected chi connectivity index (χ4v) is 5.23. The van der Waals surface area contributed by atoms with Crippen molar-refractivity contribution in [2.75, 3.05) is 0 Å². The summed E-state index contributed by atoms with van der Waals surface area (Å²) < 4.78 is 0. The van der Waals surface area contributed by atoms with Crippen molar-refractivity contribution < 1.29 is 0 Å². The SMILES string of the molecule is CC(C)(C)C1CCCCCC(C(C)(C)C)N(C(C)(C)C)C1C(C)(C)C. The van der Waals surface area contributed by atoms with Crippen molar-refractivity contribution in [3.05, 3.63) is 0 Å². The second-order valence-electron chi connectivity index (χ2n) is 12.9. The highest BCUT2D eigenvalue weighted by Gasteiger charge is 2.49. The van der Waals surface area contributed by atoms with Crippen molar-refractivity contribution in [1.29, 1.82) is 0 Å². The smallest absolute Gasteiger partial charge is 0.0185 e. The molecule has 1 fully saturated rings. The van der Waals surface area contributed by atoms with Crippen molar-refractivity contribution in [1.82, 2.24) is 4.90 Å². The third-order valence-electron chi connectivity index (χ3n) is 6.28. The lowest BCUT2D eigenvalue weighted by Crippen LogP contribution is -2.64. The number of hydrogen-bond acceptors (Lipinski definition) is 1. The Hall–Kier alpha value is -0.0400. The van der Waals surface area contributed by atoms with Crippen LogP contribution in [0.15, 0.2) is 0 Å². The zero-order valence-corrected chi connectivity index (χ0v) is 19.7. The Morgan fingerprint density at radius 3 is 1.40 bits per heavy atom. The molecular formula is C24H49N. The quantitative estimate of drug-likeness (QED) is 0.435. The molecule has 0 radical (unpaired) electrons. The molecule has 1 nitrogen and oxygen atoms in total. The van der Waals surface area contributed by atoms with E-state index in [1.165, 1.54) is 32.1 Å². The summed E-state index contributed by atoms with van der Waals surface area (Å²) in [4.78, 5) is 2.97. The van der Waals surface area contributed by atoms with Crippen molar-refractivity contribution in [2.45, 2.75) is 133 Å². The first kappa shape index (κ1) is 23.0. The van der Waals surface area contributed by atoms with Crippen LogP contribution in [0.1, 0.15) is 115 Å². The molecule has 0 spiro atoms. The highest BCUT2D eigenvalue weighted by atomic mass is 15.3. The molecule has 0 saturated carbocycles. The molecule has 1 heteroatoms. The van der Waals surface area contributed by atoms with E-state index in [9.17, 15) is 0 Å². The van der Waals surface area contributed by atoms with E-state index in [0.717, 1.165) is 5.92 Å². The molecule has 0 aromatic heterocycles. The van der Waals surface area contributed by atoms with E-state index in [4.69, 9.17) is 0 Å². The van der Waals surface area contributed by atoms with Crippen molar-refractivity contribution in [3.8, 4) is 0 Å². The highest BCUT2D eigenvalue weighted by molar-refractivity contribution is 5.02. The first-order valence-corrected chi connectivity index (χ1v) is 10.8. The van der Waals surface area contributed by atoms with Crippen LogP contribution in [0.3, 0.4) is 0 Å². The average molecular weight is 352 g/mol.